The molecule has 176 valence electrons. The molecule has 11 heteroatoms. The number of fused-ring (bicyclic) bond motifs is 5. The van der Waals surface area contributed by atoms with E-state index in [-0.39, 0.29) is 18.2 Å². The molecule has 5 atom stereocenters. The molecule has 3 heterocycles. The Hall–Kier alpha value is -3.13. The monoisotopic (exact) mass is 465 g/mol. The van der Waals surface area contributed by atoms with Crippen LogP contribution in [0.4, 0.5) is 23.7 Å². The van der Waals surface area contributed by atoms with Gasteiger partial charge in [-0.25, -0.2) is 9.69 Å². The zero-order chi connectivity index (χ0) is 24.5. The van der Waals surface area contributed by atoms with Crippen molar-refractivity contribution in [3.8, 4) is 6.07 Å². The van der Waals surface area contributed by atoms with Crippen molar-refractivity contribution in [1.82, 2.24) is 5.32 Å². The Bertz CT molecular complexity index is 1100. The molecule has 1 aromatic rings. The van der Waals surface area contributed by atoms with Crippen LogP contribution in [0.5, 0.6) is 0 Å². The molecule has 2 bridgehead atoms. The second-order valence-electron chi connectivity index (χ2n) is 9.30. The van der Waals surface area contributed by atoms with Crippen molar-refractivity contribution in [2.75, 3.05) is 4.90 Å². The zero-order valence-corrected chi connectivity index (χ0v) is 18.3. The number of ether oxygens (including phenoxy) is 2. The third-order valence-corrected chi connectivity index (χ3v) is 6.61. The smallest absolute Gasteiger partial charge is 0.417 e. The van der Waals surface area contributed by atoms with E-state index in [4.69, 9.17) is 14.7 Å². The fourth-order valence-corrected chi connectivity index (χ4v) is 5.31. The second-order valence-corrected chi connectivity index (χ2v) is 9.30. The van der Waals surface area contributed by atoms with Gasteiger partial charge in [-0.05, 0) is 45.9 Å². The van der Waals surface area contributed by atoms with Crippen molar-refractivity contribution in [3.05, 3.63) is 29.3 Å². The average Bonchev–Trinajstić information content (AvgIpc) is 3.21. The van der Waals surface area contributed by atoms with E-state index in [0.29, 0.717) is 6.07 Å². The van der Waals surface area contributed by atoms with Crippen molar-refractivity contribution in [3.63, 3.8) is 0 Å². The Morgan fingerprint density at radius 3 is 2.48 bits per heavy atom. The summed E-state index contributed by atoms with van der Waals surface area (Å²) in [5.41, 5.74) is -4.58. The van der Waals surface area contributed by atoms with Gasteiger partial charge < -0.3 is 14.8 Å². The van der Waals surface area contributed by atoms with Gasteiger partial charge in [0.05, 0.1) is 40.3 Å². The molecule has 0 radical (unpaired) electrons. The summed E-state index contributed by atoms with van der Waals surface area (Å²) in [6.45, 7) is 6.71. The molecular weight excluding hydrogens is 443 g/mol. The molecule has 3 amide bonds. The standard InChI is InChI=1S/C22H22F3N3O5/c1-10(2)27-19(31)32-14-8-20(3)15-16(21(14,4)33-20)18(30)28(17(15)29)12-6-5-11(9-26)13(7-12)22(23,24)25/h5-7,10,14-16H,8H2,1-4H3,(H,27,31)/t14-,15-,16+,20?,21?/m1/s1. The zero-order valence-electron chi connectivity index (χ0n) is 18.3. The fourth-order valence-electron chi connectivity index (χ4n) is 5.31. The Balaban J connectivity index is 1.70. The van der Waals surface area contributed by atoms with Crippen LogP contribution in [0, 0.1) is 23.2 Å². The minimum atomic E-state index is -4.84. The summed E-state index contributed by atoms with van der Waals surface area (Å²) in [4.78, 5) is 39.6. The van der Waals surface area contributed by atoms with Crippen molar-refractivity contribution in [1.29, 1.82) is 5.26 Å². The maximum atomic E-state index is 13.4. The van der Waals surface area contributed by atoms with E-state index in [1.165, 1.54) is 6.07 Å². The van der Waals surface area contributed by atoms with Crippen LogP contribution >= 0.6 is 0 Å². The molecule has 0 saturated carbocycles. The highest BCUT2D eigenvalue weighted by molar-refractivity contribution is 6.23. The third kappa shape index (κ3) is 3.35. The molecule has 2 unspecified atom stereocenters. The van der Waals surface area contributed by atoms with Gasteiger partial charge in [-0.2, -0.15) is 18.4 Å². The normalized spacial score (nSPS) is 32.8. The molecule has 0 aliphatic carbocycles. The molecule has 3 aliphatic rings. The molecule has 33 heavy (non-hydrogen) atoms. The summed E-state index contributed by atoms with van der Waals surface area (Å²) in [7, 11) is 0. The molecule has 1 aromatic carbocycles. The van der Waals surface area contributed by atoms with Crippen LogP contribution < -0.4 is 10.2 Å². The topological polar surface area (TPSA) is 109 Å². The number of halogens is 3. The lowest BCUT2D eigenvalue weighted by Crippen LogP contribution is -2.52. The summed E-state index contributed by atoms with van der Waals surface area (Å²) in [6.07, 6.45) is -6.20. The molecule has 3 fully saturated rings. The van der Waals surface area contributed by atoms with Gasteiger partial charge in [-0.15, -0.1) is 0 Å². The van der Waals surface area contributed by atoms with Gasteiger partial charge in [0, 0.05) is 12.5 Å². The Morgan fingerprint density at radius 2 is 1.91 bits per heavy atom. The number of carbonyl (C=O) groups is 3. The van der Waals surface area contributed by atoms with E-state index in [2.05, 4.69) is 5.32 Å². The maximum absolute atomic E-state index is 13.4. The Kier molecular flexibility index (Phi) is 5.02. The number of anilines is 1. The number of hydrogen-bond donors (Lipinski definition) is 1. The van der Waals surface area contributed by atoms with Crippen molar-refractivity contribution in [2.45, 2.75) is 63.6 Å². The van der Waals surface area contributed by atoms with Crippen LogP contribution in [0.15, 0.2) is 18.2 Å². The number of amides is 3. The van der Waals surface area contributed by atoms with E-state index >= 15 is 0 Å². The lowest BCUT2D eigenvalue weighted by molar-refractivity contribution is -0.138. The lowest BCUT2D eigenvalue weighted by atomic mass is 9.67. The summed E-state index contributed by atoms with van der Waals surface area (Å²) in [5.74, 6) is -3.38. The third-order valence-electron chi connectivity index (χ3n) is 6.61. The Morgan fingerprint density at radius 1 is 1.27 bits per heavy atom. The number of hydrogen-bond acceptors (Lipinski definition) is 6. The number of carbonyl (C=O) groups excluding carboxylic acids is 3. The average molecular weight is 465 g/mol. The number of alkyl halides is 3. The number of rotatable bonds is 3. The van der Waals surface area contributed by atoms with Gasteiger partial charge >= 0.3 is 12.3 Å². The summed E-state index contributed by atoms with van der Waals surface area (Å²) in [6, 6.07) is 4.00. The molecule has 1 N–H and O–H groups in total. The Labute approximate surface area is 187 Å². The van der Waals surface area contributed by atoms with Gasteiger partial charge in [-0.3, -0.25) is 9.59 Å². The van der Waals surface area contributed by atoms with Crippen LogP contribution in [-0.4, -0.2) is 41.3 Å². The first-order valence-corrected chi connectivity index (χ1v) is 10.4. The van der Waals surface area contributed by atoms with Crippen LogP contribution in [-0.2, 0) is 25.2 Å². The van der Waals surface area contributed by atoms with E-state index < -0.39 is 64.4 Å². The molecule has 3 aliphatic heterocycles. The van der Waals surface area contributed by atoms with Gasteiger partial charge in [-0.1, -0.05) is 0 Å². The van der Waals surface area contributed by atoms with Gasteiger partial charge in [0.2, 0.25) is 11.8 Å². The highest BCUT2D eigenvalue weighted by Gasteiger charge is 2.77. The number of imide groups is 1. The van der Waals surface area contributed by atoms with E-state index in [1.54, 1.807) is 27.7 Å². The predicted octanol–water partition coefficient (Wildman–Crippen LogP) is 3.14. The molecule has 8 nitrogen and oxygen atoms in total. The van der Waals surface area contributed by atoms with E-state index in [1.807, 2.05) is 0 Å². The molecule has 4 rings (SSSR count). The lowest BCUT2D eigenvalue weighted by Gasteiger charge is -2.34. The molecule has 0 aromatic heterocycles. The fraction of sp³-hybridized carbons (Fsp3) is 0.545. The molecule has 3 saturated heterocycles. The highest BCUT2D eigenvalue weighted by atomic mass is 19.4. The van der Waals surface area contributed by atoms with E-state index in [9.17, 15) is 27.6 Å². The first kappa shape index (κ1) is 23.0. The predicted molar refractivity (Wildman–Crippen MR) is 107 cm³/mol. The number of benzene rings is 1. The van der Waals surface area contributed by atoms with Crippen LogP contribution in [0.3, 0.4) is 0 Å². The first-order chi connectivity index (χ1) is 15.2. The minimum absolute atomic E-state index is 0.157. The van der Waals surface area contributed by atoms with Crippen molar-refractivity contribution >= 4 is 23.6 Å². The summed E-state index contributed by atoms with van der Waals surface area (Å²) in [5, 5.41) is 11.6. The maximum Gasteiger partial charge on any atom is 0.417 e. The van der Waals surface area contributed by atoms with Crippen LogP contribution in [0.2, 0.25) is 0 Å². The van der Waals surface area contributed by atoms with Gasteiger partial charge in [0.25, 0.3) is 0 Å². The first-order valence-electron chi connectivity index (χ1n) is 10.4. The summed E-state index contributed by atoms with van der Waals surface area (Å²) < 4.78 is 51.9. The largest absolute Gasteiger partial charge is 0.443 e. The number of nitrogens with one attached hydrogen (secondary N) is 1. The highest BCUT2D eigenvalue weighted by Crippen LogP contribution is 2.61. The molecular formula is C22H22F3N3O5. The second kappa shape index (κ2) is 7.18. The van der Waals surface area contributed by atoms with Crippen molar-refractivity contribution in [2.24, 2.45) is 11.8 Å². The quantitative estimate of drug-likeness (QED) is 0.687. The summed E-state index contributed by atoms with van der Waals surface area (Å²) >= 11 is 0. The molecule has 0 spiro atoms. The van der Waals surface area contributed by atoms with E-state index in [0.717, 1.165) is 17.0 Å². The van der Waals surface area contributed by atoms with Crippen molar-refractivity contribution < 1.29 is 37.0 Å². The number of nitriles is 1. The van der Waals surface area contributed by atoms with Crippen LogP contribution in [0.1, 0.15) is 45.2 Å². The minimum Gasteiger partial charge on any atom is -0.443 e. The van der Waals surface area contributed by atoms with Gasteiger partial charge in [0.15, 0.2) is 0 Å². The number of nitrogens with zero attached hydrogens (tertiary/aromatic N) is 2. The number of alkyl carbamates (subject to hydrolysis) is 1. The van der Waals surface area contributed by atoms with Gasteiger partial charge in [0.1, 0.15) is 11.7 Å². The van der Waals surface area contributed by atoms with Crippen LogP contribution in [0.25, 0.3) is 0 Å². The SMILES string of the molecule is CC(C)NC(=O)O[C@@H]1CC2(C)OC1(C)[C@@H]1C(=O)N(c3ccc(C#N)c(C(F)(F)F)c3)C(=O)[C@@H]12.